The number of anilines is 1. The van der Waals surface area contributed by atoms with Crippen LogP contribution in [-0.4, -0.2) is 29.0 Å². The SMILES string of the molecule is Cc1ccc([C@@H]2OC3(C(=O)c4ccccc4C3=O)[C@@H]3C(=O)N(c4cc(Cl)ccc4Cl)C(=O)[C@H]32)cc1. The fraction of sp³-hybridized carbons (Fsp3) is 0.185. The predicted octanol–water partition coefficient (Wildman–Crippen LogP) is 5.00. The first-order chi connectivity index (χ1) is 16.8. The van der Waals surface area contributed by atoms with E-state index in [1.54, 1.807) is 30.3 Å². The van der Waals surface area contributed by atoms with Gasteiger partial charge in [-0.1, -0.05) is 77.3 Å². The summed E-state index contributed by atoms with van der Waals surface area (Å²) in [7, 11) is 0. The Morgan fingerprint density at radius 3 is 2.09 bits per heavy atom. The quantitative estimate of drug-likeness (QED) is 0.361. The lowest BCUT2D eigenvalue weighted by Crippen LogP contribution is -2.51. The first kappa shape index (κ1) is 22.2. The number of amides is 2. The van der Waals surface area contributed by atoms with Gasteiger partial charge in [0, 0.05) is 16.1 Å². The minimum atomic E-state index is -2.13. The second-order valence-electron chi connectivity index (χ2n) is 9.00. The van der Waals surface area contributed by atoms with Gasteiger partial charge in [0.15, 0.2) is 0 Å². The van der Waals surface area contributed by atoms with Crippen molar-refractivity contribution in [3.05, 3.63) is 99.0 Å². The highest BCUT2D eigenvalue weighted by molar-refractivity contribution is 6.40. The molecule has 0 bridgehead atoms. The van der Waals surface area contributed by atoms with Crippen molar-refractivity contribution in [2.75, 3.05) is 4.90 Å². The molecule has 6 nitrogen and oxygen atoms in total. The van der Waals surface area contributed by atoms with Gasteiger partial charge in [0.2, 0.25) is 29.0 Å². The van der Waals surface area contributed by atoms with Crippen molar-refractivity contribution in [1.82, 2.24) is 0 Å². The Hall–Kier alpha value is -3.32. The van der Waals surface area contributed by atoms with Crippen molar-refractivity contribution in [1.29, 1.82) is 0 Å². The zero-order valence-electron chi connectivity index (χ0n) is 18.3. The number of halogens is 2. The van der Waals surface area contributed by atoms with Crippen LogP contribution in [0.2, 0.25) is 10.0 Å². The third kappa shape index (κ3) is 2.88. The van der Waals surface area contributed by atoms with Crippen LogP contribution in [0.4, 0.5) is 5.69 Å². The molecule has 1 spiro atoms. The third-order valence-corrected chi connectivity index (χ3v) is 7.63. The molecule has 2 aliphatic heterocycles. The first-order valence-electron chi connectivity index (χ1n) is 11.0. The number of benzene rings is 3. The molecular formula is C27H17Cl2NO5. The summed E-state index contributed by atoms with van der Waals surface area (Å²) >= 11 is 12.5. The number of ether oxygens (including phenoxy) is 1. The van der Waals surface area contributed by atoms with Gasteiger partial charge in [0.1, 0.15) is 0 Å². The molecule has 0 saturated carbocycles. The molecule has 0 N–H and O–H groups in total. The van der Waals surface area contributed by atoms with Gasteiger partial charge in [-0.15, -0.1) is 0 Å². The van der Waals surface area contributed by atoms with E-state index in [0.717, 1.165) is 10.5 Å². The summed E-state index contributed by atoms with van der Waals surface area (Å²) in [5.74, 6) is -4.96. The molecular weight excluding hydrogens is 489 g/mol. The Morgan fingerprint density at radius 1 is 0.829 bits per heavy atom. The normalized spacial score (nSPS) is 24.4. The van der Waals surface area contributed by atoms with Crippen LogP contribution in [-0.2, 0) is 14.3 Å². The number of ketones is 2. The molecule has 3 aromatic rings. The second-order valence-corrected chi connectivity index (χ2v) is 9.84. The lowest BCUT2D eigenvalue weighted by Gasteiger charge is -2.27. The summed E-state index contributed by atoms with van der Waals surface area (Å²) in [6.45, 7) is 1.91. The zero-order valence-corrected chi connectivity index (χ0v) is 19.8. The Bertz CT molecular complexity index is 1430. The molecule has 3 aliphatic rings. The van der Waals surface area contributed by atoms with E-state index in [-0.39, 0.29) is 26.9 Å². The maximum atomic E-state index is 13.9. The van der Waals surface area contributed by atoms with Gasteiger partial charge < -0.3 is 4.74 Å². The van der Waals surface area contributed by atoms with Gasteiger partial charge in [-0.25, -0.2) is 4.90 Å². The van der Waals surface area contributed by atoms with Crippen LogP contribution in [0, 0.1) is 18.8 Å². The van der Waals surface area contributed by atoms with Gasteiger partial charge in [0.25, 0.3) is 0 Å². The smallest absolute Gasteiger partial charge is 0.241 e. The van der Waals surface area contributed by atoms with Crippen LogP contribution in [0.25, 0.3) is 0 Å². The van der Waals surface area contributed by atoms with E-state index < -0.39 is 46.9 Å². The van der Waals surface area contributed by atoms with Crippen molar-refractivity contribution in [2.24, 2.45) is 11.8 Å². The van der Waals surface area contributed by atoms with Crippen molar-refractivity contribution in [3.63, 3.8) is 0 Å². The minimum absolute atomic E-state index is 0.108. The summed E-state index contributed by atoms with van der Waals surface area (Å²) in [5, 5.41) is 0.425. The highest BCUT2D eigenvalue weighted by Gasteiger charge is 2.74. The lowest BCUT2D eigenvalue weighted by molar-refractivity contribution is -0.127. The van der Waals surface area contributed by atoms with Gasteiger partial charge in [-0.3, -0.25) is 19.2 Å². The zero-order chi connectivity index (χ0) is 24.6. The molecule has 174 valence electrons. The average Bonchev–Trinajstić information content (AvgIpc) is 3.41. The minimum Gasteiger partial charge on any atom is -0.349 e. The van der Waals surface area contributed by atoms with Crippen LogP contribution < -0.4 is 4.90 Å². The second kappa shape index (κ2) is 7.59. The van der Waals surface area contributed by atoms with Crippen LogP contribution >= 0.6 is 23.2 Å². The molecule has 0 unspecified atom stereocenters. The van der Waals surface area contributed by atoms with Crippen LogP contribution in [0.1, 0.15) is 37.9 Å². The number of carbonyl (C=O) groups is 4. The molecule has 0 aromatic heterocycles. The number of fused-ring (bicyclic) bond motifs is 3. The number of imide groups is 1. The monoisotopic (exact) mass is 505 g/mol. The van der Waals surface area contributed by atoms with Gasteiger partial charge in [-0.2, -0.15) is 0 Å². The molecule has 3 atom stereocenters. The Labute approximate surface area is 210 Å². The van der Waals surface area contributed by atoms with E-state index in [4.69, 9.17) is 27.9 Å². The number of rotatable bonds is 2. The summed E-state index contributed by atoms with van der Waals surface area (Å²) in [5.41, 5.74) is -0.0765. The van der Waals surface area contributed by atoms with E-state index in [0.29, 0.717) is 5.56 Å². The Kier molecular flexibility index (Phi) is 4.81. The summed E-state index contributed by atoms with van der Waals surface area (Å²) < 4.78 is 6.26. The molecule has 2 amide bonds. The fourth-order valence-corrected chi connectivity index (χ4v) is 5.84. The fourth-order valence-electron chi connectivity index (χ4n) is 5.47. The lowest BCUT2D eigenvalue weighted by atomic mass is 9.77. The maximum absolute atomic E-state index is 13.9. The largest absolute Gasteiger partial charge is 0.349 e. The van der Waals surface area contributed by atoms with Crippen molar-refractivity contribution < 1.29 is 23.9 Å². The van der Waals surface area contributed by atoms with Gasteiger partial charge in [-0.05, 0) is 30.7 Å². The molecule has 2 heterocycles. The van der Waals surface area contributed by atoms with Crippen molar-refractivity contribution in [3.8, 4) is 0 Å². The summed E-state index contributed by atoms with van der Waals surface area (Å²) in [4.78, 5) is 56.2. The number of aryl methyl sites for hydroxylation is 1. The van der Waals surface area contributed by atoms with Crippen molar-refractivity contribution >= 4 is 52.3 Å². The maximum Gasteiger partial charge on any atom is 0.241 e. The molecule has 2 fully saturated rings. The van der Waals surface area contributed by atoms with E-state index in [9.17, 15) is 19.2 Å². The third-order valence-electron chi connectivity index (χ3n) is 7.07. The van der Waals surface area contributed by atoms with Crippen LogP contribution in [0.3, 0.4) is 0 Å². The number of hydrogen-bond donors (Lipinski definition) is 0. The number of nitrogens with zero attached hydrogens (tertiary/aromatic N) is 1. The molecule has 35 heavy (non-hydrogen) atoms. The highest BCUT2D eigenvalue weighted by Crippen LogP contribution is 2.58. The molecule has 2 saturated heterocycles. The highest BCUT2D eigenvalue weighted by atomic mass is 35.5. The topological polar surface area (TPSA) is 80.8 Å². The van der Waals surface area contributed by atoms with Crippen LogP contribution in [0.15, 0.2) is 66.7 Å². The Morgan fingerprint density at radius 2 is 1.46 bits per heavy atom. The molecule has 6 rings (SSSR count). The summed E-state index contributed by atoms with van der Waals surface area (Å²) in [6, 6.07) is 18.1. The Balaban J connectivity index is 1.56. The molecule has 8 heteroatoms. The van der Waals surface area contributed by atoms with E-state index in [1.807, 2.05) is 19.1 Å². The van der Waals surface area contributed by atoms with Gasteiger partial charge >= 0.3 is 0 Å². The summed E-state index contributed by atoms with van der Waals surface area (Å²) in [6.07, 6.45) is -0.984. The average molecular weight is 506 g/mol. The van der Waals surface area contributed by atoms with Crippen molar-refractivity contribution in [2.45, 2.75) is 18.6 Å². The standard InChI is InChI=1S/C27H17Cl2NO5/c1-13-6-8-14(9-7-13)22-20-21(26(34)30(25(20)33)19-12-15(28)10-11-18(19)29)27(35-22)23(31)16-4-2-3-5-17(16)24(27)32/h2-12,20-22H,1H3/t20-,21+,22+/m1/s1. The molecule has 3 aromatic carbocycles. The number of hydrogen-bond acceptors (Lipinski definition) is 5. The predicted molar refractivity (Wildman–Crippen MR) is 129 cm³/mol. The van der Waals surface area contributed by atoms with E-state index in [2.05, 4.69) is 0 Å². The first-order valence-corrected chi connectivity index (χ1v) is 11.8. The van der Waals surface area contributed by atoms with E-state index >= 15 is 0 Å². The number of Topliss-reactive ketones (excluding diaryl/α,β-unsaturated/α-hetero) is 2. The van der Waals surface area contributed by atoms with Gasteiger partial charge in [0.05, 0.1) is 28.6 Å². The van der Waals surface area contributed by atoms with Crippen LogP contribution in [0.5, 0.6) is 0 Å². The van der Waals surface area contributed by atoms with E-state index in [1.165, 1.54) is 24.3 Å². The number of carbonyl (C=O) groups excluding carboxylic acids is 4. The molecule has 1 aliphatic carbocycles. The molecule has 0 radical (unpaired) electrons.